The van der Waals surface area contributed by atoms with Crippen LogP contribution < -0.4 is 5.32 Å². The smallest absolute Gasteiger partial charge is 0.140 e. The summed E-state index contributed by atoms with van der Waals surface area (Å²) in [5.41, 5.74) is 2.88. The number of methoxy groups -OCH3 is 1. The molecule has 0 spiro atoms. The number of aromatic nitrogens is 2. The molecule has 3 heterocycles. The van der Waals surface area contributed by atoms with Crippen LogP contribution in [-0.2, 0) is 9.57 Å². The predicted molar refractivity (Wildman–Crippen MR) is 110 cm³/mol. The molecule has 3 aromatic rings. The standard InChI is InChI=1S/C20H22N4O2S/c1-14-9-10-21-20(13-14)23-19-6-4-5-16(22-19)18-8-7-17(27-18)15(2)24-26-12-11-25-3/h4-10,13H,11-12H2,1-3H3,(H,21,22,23)/b24-15+. The van der Waals surface area contributed by atoms with Crippen LogP contribution in [0.5, 0.6) is 0 Å². The molecular formula is C20H22N4O2S. The highest BCUT2D eigenvalue weighted by Gasteiger charge is 2.08. The Hall–Kier alpha value is -2.77. The van der Waals surface area contributed by atoms with E-state index in [1.165, 1.54) is 0 Å². The van der Waals surface area contributed by atoms with Crippen LogP contribution in [0.1, 0.15) is 17.4 Å². The average Bonchev–Trinajstić information content (AvgIpc) is 3.16. The summed E-state index contributed by atoms with van der Waals surface area (Å²) in [4.78, 5) is 16.4. The lowest BCUT2D eigenvalue weighted by atomic mass is 10.2. The van der Waals surface area contributed by atoms with Crippen molar-refractivity contribution < 1.29 is 9.57 Å². The molecule has 27 heavy (non-hydrogen) atoms. The lowest BCUT2D eigenvalue weighted by molar-refractivity contribution is 0.0751. The van der Waals surface area contributed by atoms with Crippen molar-refractivity contribution in [3.8, 4) is 10.6 Å². The number of hydrogen-bond donors (Lipinski definition) is 1. The summed E-state index contributed by atoms with van der Waals surface area (Å²) in [6, 6.07) is 13.9. The fraction of sp³-hybridized carbons (Fsp3) is 0.250. The minimum atomic E-state index is 0.439. The Morgan fingerprint density at radius 1 is 1.15 bits per heavy atom. The van der Waals surface area contributed by atoms with E-state index in [1.807, 2.05) is 56.3 Å². The summed E-state index contributed by atoms with van der Waals surface area (Å²) < 4.78 is 4.94. The van der Waals surface area contributed by atoms with E-state index in [4.69, 9.17) is 14.6 Å². The van der Waals surface area contributed by atoms with Crippen LogP contribution >= 0.6 is 11.3 Å². The van der Waals surface area contributed by atoms with Gasteiger partial charge in [-0.1, -0.05) is 11.2 Å². The van der Waals surface area contributed by atoms with E-state index in [2.05, 4.69) is 15.5 Å². The number of anilines is 2. The molecule has 140 valence electrons. The van der Waals surface area contributed by atoms with Gasteiger partial charge in [0.2, 0.25) is 0 Å². The van der Waals surface area contributed by atoms with Gasteiger partial charge in [0.1, 0.15) is 18.2 Å². The number of pyridine rings is 2. The number of ether oxygens (including phenoxy) is 1. The van der Waals surface area contributed by atoms with Gasteiger partial charge in [0, 0.05) is 13.3 Å². The molecule has 0 radical (unpaired) electrons. The molecule has 6 nitrogen and oxygen atoms in total. The summed E-state index contributed by atoms with van der Waals surface area (Å²) in [6.45, 7) is 4.92. The maximum atomic E-state index is 5.24. The van der Waals surface area contributed by atoms with Gasteiger partial charge in [-0.25, -0.2) is 9.97 Å². The van der Waals surface area contributed by atoms with Gasteiger partial charge < -0.3 is 14.9 Å². The molecule has 0 aromatic carbocycles. The van der Waals surface area contributed by atoms with E-state index >= 15 is 0 Å². The summed E-state index contributed by atoms with van der Waals surface area (Å²) >= 11 is 1.63. The highest BCUT2D eigenvalue weighted by atomic mass is 32.1. The molecule has 0 aliphatic heterocycles. The molecule has 0 saturated heterocycles. The molecule has 3 aromatic heterocycles. The Labute approximate surface area is 162 Å². The highest BCUT2D eigenvalue weighted by Crippen LogP contribution is 2.28. The fourth-order valence-electron chi connectivity index (χ4n) is 2.36. The first-order valence-electron chi connectivity index (χ1n) is 8.58. The van der Waals surface area contributed by atoms with Crippen molar-refractivity contribution in [3.63, 3.8) is 0 Å². The third-order valence-corrected chi connectivity index (χ3v) is 4.93. The zero-order valence-electron chi connectivity index (χ0n) is 15.6. The molecule has 0 bridgehead atoms. The van der Waals surface area contributed by atoms with Crippen molar-refractivity contribution in [2.45, 2.75) is 13.8 Å². The Kier molecular flexibility index (Phi) is 6.51. The van der Waals surface area contributed by atoms with E-state index in [0.29, 0.717) is 13.2 Å². The topological polar surface area (TPSA) is 68.6 Å². The summed E-state index contributed by atoms with van der Waals surface area (Å²) in [5.74, 6) is 1.54. The van der Waals surface area contributed by atoms with Crippen LogP contribution in [0.2, 0.25) is 0 Å². The molecule has 0 amide bonds. The normalized spacial score (nSPS) is 11.4. The SMILES string of the molecule is COCCO/N=C(\C)c1ccc(-c2cccc(Nc3cc(C)ccn3)n2)s1. The molecule has 0 atom stereocenters. The highest BCUT2D eigenvalue weighted by molar-refractivity contribution is 7.17. The lowest BCUT2D eigenvalue weighted by Crippen LogP contribution is -2.00. The Morgan fingerprint density at radius 2 is 2.04 bits per heavy atom. The van der Waals surface area contributed by atoms with E-state index in [0.717, 1.165) is 38.4 Å². The molecule has 7 heteroatoms. The third-order valence-electron chi connectivity index (χ3n) is 3.72. The van der Waals surface area contributed by atoms with Gasteiger partial charge in [0.15, 0.2) is 0 Å². The number of nitrogens with one attached hydrogen (secondary N) is 1. The van der Waals surface area contributed by atoms with Crippen LogP contribution in [0.4, 0.5) is 11.6 Å². The molecular weight excluding hydrogens is 360 g/mol. The largest absolute Gasteiger partial charge is 0.393 e. The van der Waals surface area contributed by atoms with Crippen molar-refractivity contribution in [3.05, 3.63) is 59.1 Å². The minimum absolute atomic E-state index is 0.439. The maximum Gasteiger partial charge on any atom is 0.140 e. The second kappa shape index (κ2) is 9.25. The quantitative estimate of drug-likeness (QED) is 0.349. The molecule has 0 saturated carbocycles. The summed E-state index contributed by atoms with van der Waals surface area (Å²) in [7, 11) is 1.64. The second-order valence-electron chi connectivity index (χ2n) is 5.92. The van der Waals surface area contributed by atoms with Crippen molar-refractivity contribution in [1.29, 1.82) is 0 Å². The Morgan fingerprint density at radius 3 is 2.85 bits per heavy atom. The van der Waals surface area contributed by atoms with Crippen LogP contribution in [0, 0.1) is 6.92 Å². The molecule has 0 aliphatic carbocycles. The zero-order chi connectivity index (χ0) is 19.1. The summed E-state index contributed by atoms with van der Waals surface area (Å²) in [6.07, 6.45) is 1.78. The number of aryl methyl sites for hydroxylation is 1. The molecule has 0 fully saturated rings. The van der Waals surface area contributed by atoms with Gasteiger partial charge in [0.25, 0.3) is 0 Å². The Bertz CT molecular complexity index is 924. The van der Waals surface area contributed by atoms with Crippen LogP contribution in [0.15, 0.2) is 53.8 Å². The van der Waals surface area contributed by atoms with E-state index in [-0.39, 0.29) is 0 Å². The van der Waals surface area contributed by atoms with Crippen LogP contribution in [0.25, 0.3) is 10.6 Å². The second-order valence-corrected chi connectivity index (χ2v) is 7.00. The predicted octanol–water partition coefficient (Wildman–Crippen LogP) is 4.64. The molecule has 1 N–H and O–H groups in total. The van der Waals surface area contributed by atoms with Crippen molar-refractivity contribution >= 4 is 28.7 Å². The molecule has 3 rings (SSSR count). The monoisotopic (exact) mass is 382 g/mol. The molecule has 0 aliphatic rings. The van der Waals surface area contributed by atoms with Gasteiger partial charge >= 0.3 is 0 Å². The zero-order valence-corrected chi connectivity index (χ0v) is 16.4. The van der Waals surface area contributed by atoms with E-state index < -0.39 is 0 Å². The fourth-order valence-corrected chi connectivity index (χ4v) is 3.27. The summed E-state index contributed by atoms with van der Waals surface area (Å²) in [5, 5.41) is 7.38. The maximum absolute atomic E-state index is 5.24. The first-order chi connectivity index (χ1) is 13.2. The van der Waals surface area contributed by atoms with Gasteiger partial charge in [-0.05, 0) is 55.8 Å². The van der Waals surface area contributed by atoms with E-state index in [1.54, 1.807) is 24.6 Å². The number of hydrogen-bond acceptors (Lipinski definition) is 7. The van der Waals surface area contributed by atoms with Gasteiger partial charge in [-0.15, -0.1) is 11.3 Å². The number of oxime groups is 1. The first kappa shape index (κ1) is 19.0. The minimum Gasteiger partial charge on any atom is -0.393 e. The van der Waals surface area contributed by atoms with Crippen molar-refractivity contribution in [2.24, 2.45) is 5.16 Å². The number of thiophene rings is 1. The lowest BCUT2D eigenvalue weighted by Gasteiger charge is -2.06. The first-order valence-corrected chi connectivity index (χ1v) is 9.40. The molecule has 0 unspecified atom stereocenters. The number of rotatable bonds is 8. The average molecular weight is 382 g/mol. The van der Waals surface area contributed by atoms with Crippen molar-refractivity contribution in [2.75, 3.05) is 25.6 Å². The third kappa shape index (κ3) is 5.35. The van der Waals surface area contributed by atoms with Crippen molar-refractivity contribution in [1.82, 2.24) is 9.97 Å². The van der Waals surface area contributed by atoms with Crippen LogP contribution in [0.3, 0.4) is 0 Å². The Balaban J connectivity index is 1.73. The van der Waals surface area contributed by atoms with Crippen LogP contribution in [-0.4, -0.2) is 36.0 Å². The van der Waals surface area contributed by atoms with Gasteiger partial charge in [-0.3, -0.25) is 0 Å². The van der Waals surface area contributed by atoms with E-state index in [9.17, 15) is 0 Å². The van der Waals surface area contributed by atoms with Gasteiger partial charge in [-0.2, -0.15) is 0 Å². The number of nitrogens with zero attached hydrogens (tertiary/aromatic N) is 3. The van der Waals surface area contributed by atoms with Gasteiger partial charge in [0.05, 0.1) is 27.8 Å².